The van der Waals surface area contributed by atoms with Gasteiger partial charge >= 0.3 is 0 Å². The molecule has 3 N–H and O–H groups in total. The molecule has 1 aliphatic heterocycles. The Hall–Kier alpha value is -2.31. The molecule has 3 heterocycles. The van der Waals surface area contributed by atoms with Gasteiger partial charge in [0.05, 0.1) is 17.3 Å². The van der Waals surface area contributed by atoms with Crippen LogP contribution in [-0.2, 0) is 22.1 Å². The van der Waals surface area contributed by atoms with E-state index in [0.717, 1.165) is 21.4 Å². The lowest BCUT2D eigenvalue weighted by atomic mass is 10.1. The molecule has 1 fully saturated rings. The standard InChI is InChI=1S/C18H17ClFN5O3S2/c1-25-9-10(8-21-25)16-4-5-17(29-16)14-7-15(24-30(27,28)23-14)18(26)22-11-2-3-13(20)12(19)6-11/h2-6,8-9,14-15,23-24H,7H2,1H3,(H,22,26). The van der Waals surface area contributed by atoms with Gasteiger partial charge in [0.25, 0.3) is 10.2 Å². The molecule has 8 nitrogen and oxygen atoms in total. The third-order valence-corrected chi connectivity index (χ3v) is 7.26. The SMILES string of the molecule is Cn1cc(-c2ccc(C3CC(C(=O)Nc4ccc(F)c(Cl)c4)NS(=O)(=O)N3)s2)cn1. The van der Waals surface area contributed by atoms with Gasteiger partial charge in [0.15, 0.2) is 0 Å². The number of carbonyl (C=O) groups is 1. The first-order valence-electron chi connectivity index (χ1n) is 8.84. The average molecular weight is 470 g/mol. The molecule has 0 bridgehead atoms. The molecule has 12 heteroatoms. The molecule has 1 aliphatic rings. The molecule has 0 radical (unpaired) electrons. The van der Waals surface area contributed by atoms with Crippen molar-refractivity contribution in [3.05, 3.63) is 58.4 Å². The van der Waals surface area contributed by atoms with Gasteiger partial charge < -0.3 is 5.32 Å². The fourth-order valence-corrected chi connectivity index (χ4v) is 5.67. The molecule has 30 heavy (non-hydrogen) atoms. The molecule has 1 amide bonds. The van der Waals surface area contributed by atoms with Crippen molar-refractivity contribution in [1.82, 2.24) is 19.2 Å². The minimum atomic E-state index is -3.89. The molecule has 2 atom stereocenters. The number of carbonyl (C=O) groups excluding carboxylic acids is 1. The topological polar surface area (TPSA) is 105 Å². The highest BCUT2D eigenvalue weighted by molar-refractivity contribution is 7.87. The van der Waals surface area contributed by atoms with E-state index in [0.29, 0.717) is 0 Å². The normalized spacial score (nSPS) is 20.8. The van der Waals surface area contributed by atoms with Crippen molar-refractivity contribution in [2.24, 2.45) is 7.05 Å². The predicted molar refractivity (Wildman–Crippen MR) is 113 cm³/mol. The first-order valence-corrected chi connectivity index (χ1v) is 11.5. The molecule has 0 saturated carbocycles. The lowest BCUT2D eigenvalue weighted by Gasteiger charge is -2.29. The predicted octanol–water partition coefficient (Wildman–Crippen LogP) is 2.82. The summed E-state index contributed by atoms with van der Waals surface area (Å²) in [6.45, 7) is 0. The van der Waals surface area contributed by atoms with Crippen LogP contribution < -0.4 is 14.8 Å². The number of hydrogen-bond acceptors (Lipinski definition) is 5. The smallest absolute Gasteiger partial charge is 0.278 e. The molecule has 3 aromatic rings. The molecule has 158 valence electrons. The number of nitrogens with zero attached hydrogens (tertiary/aromatic N) is 2. The zero-order valence-corrected chi connectivity index (χ0v) is 18.0. The number of halogens is 2. The van der Waals surface area contributed by atoms with E-state index < -0.39 is 34.0 Å². The molecular formula is C18H17ClFN5O3S2. The minimum absolute atomic E-state index is 0.141. The van der Waals surface area contributed by atoms with Crippen LogP contribution >= 0.6 is 22.9 Å². The lowest BCUT2D eigenvalue weighted by molar-refractivity contribution is -0.118. The van der Waals surface area contributed by atoms with Crippen molar-refractivity contribution >= 4 is 44.7 Å². The van der Waals surface area contributed by atoms with E-state index in [9.17, 15) is 17.6 Å². The Kier molecular flexibility index (Phi) is 5.64. The largest absolute Gasteiger partial charge is 0.325 e. The summed E-state index contributed by atoms with van der Waals surface area (Å²) < 4.78 is 44.4. The maximum Gasteiger partial charge on any atom is 0.278 e. The Bertz CT molecular complexity index is 1210. The second-order valence-electron chi connectivity index (χ2n) is 6.80. The first kappa shape index (κ1) is 20.9. The van der Waals surface area contributed by atoms with Gasteiger partial charge in [-0.05, 0) is 36.8 Å². The van der Waals surface area contributed by atoms with Crippen molar-refractivity contribution < 1.29 is 17.6 Å². The van der Waals surface area contributed by atoms with Gasteiger partial charge in [-0.15, -0.1) is 11.3 Å². The Morgan fingerprint density at radius 2 is 2.13 bits per heavy atom. The number of aromatic nitrogens is 2. The number of thiophene rings is 1. The van der Waals surface area contributed by atoms with Crippen LogP contribution in [0.4, 0.5) is 10.1 Å². The zero-order valence-electron chi connectivity index (χ0n) is 15.6. The van der Waals surface area contributed by atoms with E-state index in [1.165, 1.54) is 23.5 Å². The lowest BCUT2D eigenvalue weighted by Crippen LogP contribution is -2.55. The fourth-order valence-electron chi connectivity index (χ4n) is 3.12. The Labute approximate surface area is 181 Å². The Morgan fingerprint density at radius 3 is 2.83 bits per heavy atom. The van der Waals surface area contributed by atoms with Crippen molar-refractivity contribution in [3.63, 3.8) is 0 Å². The van der Waals surface area contributed by atoms with Crippen molar-refractivity contribution in [2.75, 3.05) is 5.32 Å². The quantitative estimate of drug-likeness (QED) is 0.546. The molecule has 0 aliphatic carbocycles. The van der Waals surface area contributed by atoms with Crippen LogP contribution in [0.2, 0.25) is 5.02 Å². The number of hydrogen-bond donors (Lipinski definition) is 3. The Balaban J connectivity index is 1.52. The van der Waals surface area contributed by atoms with Crippen LogP contribution in [0.3, 0.4) is 0 Å². The maximum atomic E-state index is 13.3. The summed E-state index contributed by atoms with van der Waals surface area (Å²) in [5.41, 5.74) is 1.20. The second-order valence-corrected chi connectivity index (χ2v) is 9.80. The minimum Gasteiger partial charge on any atom is -0.325 e. The summed E-state index contributed by atoms with van der Waals surface area (Å²) in [5, 5.41) is 6.57. The molecule has 1 aromatic carbocycles. The summed E-state index contributed by atoms with van der Waals surface area (Å²) in [5.74, 6) is -1.17. The highest BCUT2D eigenvalue weighted by atomic mass is 35.5. The highest BCUT2D eigenvalue weighted by Crippen LogP contribution is 2.34. The number of nitrogens with one attached hydrogen (secondary N) is 3. The van der Waals surface area contributed by atoms with Gasteiger partial charge in [-0.1, -0.05) is 11.6 Å². The third-order valence-electron chi connectivity index (χ3n) is 4.53. The van der Waals surface area contributed by atoms with E-state index in [-0.39, 0.29) is 17.1 Å². The van der Waals surface area contributed by atoms with Gasteiger partial charge in [-0.3, -0.25) is 9.48 Å². The van der Waals surface area contributed by atoms with E-state index >= 15 is 0 Å². The summed E-state index contributed by atoms with van der Waals surface area (Å²) in [4.78, 5) is 14.4. The first-order chi connectivity index (χ1) is 14.2. The monoisotopic (exact) mass is 469 g/mol. The van der Waals surface area contributed by atoms with Crippen LogP contribution in [0.1, 0.15) is 17.3 Å². The molecule has 2 unspecified atom stereocenters. The van der Waals surface area contributed by atoms with Crippen LogP contribution in [0.15, 0.2) is 42.7 Å². The second kappa shape index (κ2) is 8.08. The molecule has 1 saturated heterocycles. The number of amides is 1. The van der Waals surface area contributed by atoms with Gasteiger partial charge in [-0.25, -0.2) is 4.39 Å². The molecular weight excluding hydrogens is 453 g/mol. The number of anilines is 1. The third kappa shape index (κ3) is 4.55. The average Bonchev–Trinajstić information content (AvgIpc) is 3.32. The molecule has 2 aromatic heterocycles. The van der Waals surface area contributed by atoms with E-state index in [4.69, 9.17) is 11.6 Å². The summed E-state index contributed by atoms with van der Waals surface area (Å²) in [6, 6.07) is 5.89. The fraction of sp³-hybridized carbons (Fsp3) is 0.222. The van der Waals surface area contributed by atoms with Crippen LogP contribution in [0.25, 0.3) is 10.4 Å². The number of rotatable bonds is 4. The summed E-state index contributed by atoms with van der Waals surface area (Å²) in [6.07, 6.45) is 3.80. The van der Waals surface area contributed by atoms with E-state index in [1.807, 2.05) is 25.4 Å². The van der Waals surface area contributed by atoms with Crippen molar-refractivity contribution in [3.8, 4) is 10.4 Å². The summed E-state index contributed by atoms with van der Waals surface area (Å²) >= 11 is 7.16. The van der Waals surface area contributed by atoms with Gasteiger partial charge in [0, 0.05) is 34.2 Å². The van der Waals surface area contributed by atoms with E-state index in [2.05, 4.69) is 19.9 Å². The van der Waals surface area contributed by atoms with Gasteiger partial charge in [0.1, 0.15) is 11.9 Å². The van der Waals surface area contributed by atoms with Crippen LogP contribution in [0, 0.1) is 5.82 Å². The van der Waals surface area contributed by atoms with Crippen molar-refractivity contribution in [1.29, 1.82) is 0 Å². The maximum absolute atomic E-state index is 13.3. The zero-order chi connectivity index (χ0) is 21.5. The van der Waals surface area contributed by atoms with Gasteiger partial charge in [0.2, 0.25) is 5.91 Å². The van der Waals surface area contributed by atoms with Crippen molar-refractivity contribution in [2.45, 2.75) is 18.5 Å². The number of benzene rings is 1. The Morgan fingerprint density at radius 1 is 1.33 bits per heavy atom. The highest BCUT2D eigenvalue weighted by Gasteiger charge is 2.36. The molecule has 0 spiro atoms. The number of aryl methyl sites for hydroxylation is 1. The van der Waals surface area contributed by atoms with Gasteiger partial charge in [-0.2, -0.15) is 23.0 Å². The molecule has 4 rings (SSSR count). The van der Waals surface area contributed by atoms with E-state index in [1.54, 1.807) is 10.9 Å². The van der Waals surface area contributed by atoms with Crippen LogP contribution in [-0.4, -0.2) is 30.1 Å². The summed E-state index contributed by atoms with van der Waals surface area (Å²) in [7, 11) is -2.07. The van der Waals surface area contributed by atoms with Crippen LogP contribution in [0.5, 0.6) is 0 Å².